The molecule has 3 rings (SSSR count). The number of hydrogen-bond acceptors (Lipinski definition) is 7. The normalized spacial score (nSPS) is 15.9. The van der Waals surface area contributed by atoms with Crippen LogP contribution < -0.4 is 5.32 Å². The number of fused-ring (bicyclic) bond motifs is 1. The lowest BCUT2D eigenvalue weighted by molar-refractivity contribution is -0.130. The van der Waals surface area contributed by atoms with E-state index in [9.17, 15) is 24.0 Å². The Kier molecular flexibility index (Phi) is 9.25. The van der Waals surface area contributed by atoms with Gasteiger partial charge in [-0.1, -0.05) is 0 Å². The number of imide groups is 1. The fourth-order valence-electron chi connectivity index (χ4n) is 4.29. The van der Waals surface area contributed by atoms with E-state index in [-0.39, 0.29) is 42.8 Å². The van der Waals surface area contributed by atoms with Gasteiger partial charge < -0.3 is 24.6 Å². The molecule has 0 unspecified atom stereocenters. The third-order valence-electron chi connectivity index (χ3n) is 6.09. The molecule has 0 atom stereocenters. The van der Waals surface area contributed by atoms with Crippen LogP contribution in [0.15, 0.2) is 18.2 Å². The number of hydrogen-bond donors (Lipinski definition) is 1. The van der Waals surface area contributed by atoms with Crippen LogP contribution in [0, 0.1) is 0 Å². The molecule has 0 spiro atoms. The SMILES string of the molecule is COCCCN1C(=O)c2ccc(C(=O)N3CCCN(C(=O)CCNC(=O)OC(C)(C)C)CC3)cc2C1=O. The summed E-state index contributed by atoms with van der Waals surface area (Å²) in [5.41, 5.74) is 0.254. The third-order valence-corrected chi connectivity index (χ3v) is 6.09. The number of methoxy groups -OCH3 is 1. The van der Waals surface area contributed by atoms with Crippen LogP contribution in [0.1, 0.15) is 71.1 Å². The maximum Gasteiger partial charge on any atom is 0.407 e. The van der Waals surface area contributed by atoms with Crippen molar-refractivity contribution in [2.45, 2.75) is 45.6 Å². The second kappa shape index (κ2) is 12.2. The molecule has 1 aromatic carbocycles. The largest absolute Gasteiger partial charge is 0.444 e. The molecule has 0 bridgehead atoms. The highest BCUT2D eigenvalue weighted by Gasteiger charge is 2.36. The lowest BCUT2D eigenvalue weighted by Gasteiger charge is -2.23. The van der Waals surface area contributed by atoms with Crippen LogP contribution in [0.2, 0.25) is 0 Å². The lowest BCUT2D eigenvalue weighted by Crippen LogP contribution is -2.39. The van der Waals surface area contributed by atoms with Crippen LogP contribution in [-0.2, 0) is 14.3 Å². The second-order valence-electron chi connectivity index (χ2n) is 10.1. The minimum Gasteiger partial charge on any atom is -0.444 e. The summed E-state index contributed by atoms with van der Waals surface area (Å²) in [4.78, 5) is 67.5. The number of benzene rings is 1. The van der Waals surface area contributed by atoms with E-state index < -0.39 is 17.6 Å². The highest BCUT2D eigenvalue weighted by Crippen LogP contribution is 2.25. The smallest absolute Gasteiger partial charge is 0.407 e. The van der Waals surface area contributed by atoms with Crippen molar-refractivity contribution in [3.05, 3.63) is 34.9 Å². The van der Waals surface area contributed by atoms with Crippen LogP contribution in [-0.4, -0.2) is 103 Å². The highest BCUT2D eigenvalue weighted by molar-refractivity contribution is 6.22. The Morgan fingerprint density at radius 2 is 1.65 bits per heavy atom. The molecular weight excluding hydrogens is 480 g/mol. The van der Waals surface area contributed by atoms with Crippen molar-refractivity contribution >= 4 is 29.7 Å². The van der Waals surface area contributed by atoms with Gasteiger partial charge in [-0.15, -0.1) is 0 Å². The molecule has 2 aliphatic rings. The number of ether oxygens (including phenoxy) is 2. The van der Waals surface area contributed by atoms with E-state index in [0.29, 0.717) is 56.8 Å². The minimum atomic E-state index is -0.611. The number of alkyl carbamates (subject to hydrolysis) is 1. The van der Waals surface area contributed by atoms with Gasteiger partial charge in [0.05, 0.1) is 11.1 Å². The van der Waals surface area contributed by atoms with Crippen molar-refractivity contribution in [1.29, 1.82) is 0 Å². The van der Waals surface area contributed by atoms with E-state index in [1.807, 2.05) is 0 Å². The van der Waals surface area contributed by atoms with Crippen LogP contribution in [0.5, 0.6) is 0 Å². The number of amides is 5. The van der Waals surface area contributed by atoms with Gasteiger partial charge in [-0.05, 0) is 51.8 Å². The summed E-state index contributed by atoms with van der Waals surface area (Å²) in [5.74, 6) is -1.12. The summed E-state index contributed by atoms with van der Waals surface area (Å²) in [6.07, 6.45) is 0.704. The molecule has 0 saturated carbocycles. The molecule has 11 heteroatoms. The zero-order valence-electron chi connectivity index (χ0n) is 22.0. The van der Waals surface area contributed by atoms with Gasteiger partial charge in [0.1, 0.15) is 5.60 Å². The summed E-state index contributed by atoms with van der Waals surface area (Å²) in [6.45, 7) is 7.83. The van der Waals surface area contributed by atoms with Crippen LogP contribution >= 0.6 is 0 Å². The summed E-state index contributed by atoms with van der Waals surface area (Å²) in [7, 11) is 1.56. The second-order valence-corrected chi connectivity index (χ2v) is 10.1. The van der Waals surface area contributed by atoms with Crippen LogP contribution in [0.4, 0.5) is 4.79 Å². The Labute approximate surface area is 217 Å². The molecule has 1 fully saturated rings. The van der Waals surface area contributed by atoms with Gasteiger partial charge in [0.15, 0.2) is 0 Å². The lowest BCUT2D eigenvalue weighted by atomic mass is 10.0. The quantitative estimate of drug-likeness (QED) is 0.413. The van der Waals surface area contributed by atoms with Gasteiger partial charge in [-0.25, -0.2) is 4.79 Å². The van der Waals surface area contributed by atoms with Gasteiger partial charge in [0.2, 0.25) is 5.91 Å². The van der Waals surface area contributed by atoms with E-state index in [1.54, 1.807) is 43.7 Å². The standard InChI is InChI=1S/C26H36N4O7/c1-26(2,3)37-25(35)27-10-9-21(31)28-11-5-12-29(15-14-28)22(32)18-7-8-19-20(17-18)24(34)30(23(19)33)13-6-16-36-4/h7-8,17H,5-6,9-16H2,1-4H3,(H,27,35). The summed E-state index contributed by atoms with van der Waals surface area (Å²) in [6, 6.07) is 4.59. The average molecular weight is 517 g/mol. The van der Waals surface area contributed by atoms with Crippen molar-refractivity contribution in [3.63, 3.8) is 0 Å². The molecule has 0 aromatic heterocycles. The number of carbonyl (C=O) groups is 5. The molecule has 11 nitrogen and oxygen atoms in total. The summed E-state index contributed by atoms with van der Waals surface area (Å²) in [5, 5.41) is 2.58. The first kappa shape index (κ1) is 28.1. The molecule has 1 aromatic rings. The van der Waals surface area contributed by atoms with E-state index >= 15 is 0 Å². The topological polar surface area (TPSA) is 126 Å². The first-order valence-corrected chi connectivity index (χ1v) is 12.5. The number of carbonyl (C=O) groups excluding carboxylic acids is 5. The molecule has 1 N–H and O–H groups in total. The Balaban J connectivity index is 1.54. The van der Waals surface area contributed by atoms with Gasteiger partial charge in [-0.3, -0.25) is 24.1 Å². The predicted molar refractivity (Wildman–Crippen MR) is 134 cm³/mol. The van der Waals surface area contributed by atoms with Crippen LogP contribution in [0.25, 0.3) is 0 Å². The molecule has 1 saturated heterocycles. The van der Waals surface area contributed by atoms with Gasteiger partial charge in [0, 0.05) is 65.0 Å². The zero-order valence-corrected chi connectivity index (χ0v) is 22.0. The fourth-order valence-corrected chi connectivity index (χ4v) is 4.29. The molecule has 5 amide bonds. The van der Waals surface area contributed by atoms with Crippen molar-refractivity contribution < 1.29 is 33.4 Å². The Morgan fingerprint density at radius 1 is 0.973 bits per heavy atom. The van der Waals surface area contributed by atoms with E-state index in [2.05, 4.69) is 5.32 Å². The summed E-state index contributed by atoms with van der Waals surface area (Å²) >= 11 is 0. The van der Waals surface area contributed by atoms with E-state index in [4.69, 9.17) is 9.47 Å². The van der Waals surface area contributed by atoms with Gasteiger partial charge >= 0.3 is 6.09 Å². The molecule has 0 radical (unpaired) electrons. The molecule has 202 valence electrons. The van der Waals surface area contributed by atoms with E-state index in [0.717, 1.165) is 0 Å². The van der Waals surface area contributed by atoms with E-state index in [1.165, 1.54) is 17.0 Å². The Morgan fingerprint density at radius 3 is 2.35 bits per heavy atom. The maximum absolute atomic E-state index is 13.2. The third kappa shape index (κ3) is 7.28. The maximum atomic E-state index is 13.2. The average Bonchev–Trinajstić information content (AvgIpc) is 3.00. The summed E-state index contributed by atoms with van der Waals surface area (Å²) < 4.78 is 10.2. The molecular formula is C26H36N4O7. The number of nitrogens with one attached hydrogen (secondary N) is 1. The van der Waals surface area contributed by atoms with Crippen molar-refractivity contribution in [1.82, 2.24) is 20.0 Å². The Hall–Kier alpha value is -3.47. The number of rotatable bonds is 8. The monoisotopic (exact) mass is 516 g/mol. The van der Waals surface area contributed by atoms with Gasteiger partial charge in [-0.2, -0.15) is 0 Å². The molecule has 0 aliphatic carbocycles. The Bertz CT molecular complexity index is 1050. The molecule has 2 heterocycles. The predicted octanol–water partition coefficient (Wildman–Crippen LogP) is 1.91. The fraction of sp³-hybridized carbons (Fsp3) is 0.577. The highest BCUT2D eigenvalue weighted by atomic mass is 16.6. The number of nitrogens with zero attached hydrogens (tertiary/aromatic N) is 3. The molecule has 37 heavy (non-hydrogen) atoms. The first-order chi connectivity index (χ1) is 17.5. The van der Waals surface area contributed by atoms with Crippen molar-refractivity contribution in [2.24, 2.45) is 0 Å². The van der Waals surface area contributed by atoms with Crippen LogP contribution in [0.3, 0.4) is 0 Å². The minimum absolute atomic E-state index is 0.111. The first-order valence-electron chi connectivity index (χ1n) is 12.5. The molecule has 2 aliphatic heterocycles. The zero-order chi connectivity index (χ0) is 27.2. The van der Waals surface area contributed by atoms with Gasteiger partial charge in [0.25, 0.3) is 17.7 Å². The van der Waals surface area contributed by atoms with Crippen molar-refractivity contribution in [3.8, 4) is 0 Å². The van der Waals surface area contributed by atoms with Crippen molar-refractivity contribution in [2.75, 3.05) is 53.0 Å².